The van der Waals surface area contributed by atoms with Crippen LogP contribution >= 0.6 is 0 Å². The fourth-order valence-electron chi connectivity index (χ4n) is 3.48. The molecule has 4 rings (SSSR count). The molecule has 3 nitrogen and oxygen atoms in total. The van der Waals surface area contributed by atoms with Crippen LogP contribution in [-0.2, 0) is 15.7 Å². The summed E-state index contributed by atoms with van der Waals surface area (Å²) in [5, 5.41) is 0. The van der Waals surface area contributed by atoms with Crippen molar-refractivity contribution >= 4 is 12.7 Å². The predicted octanol–water partition coefficient (Wildman–Crippen LogP) is 4.94. The van der Waals surface area contributed by atoms with Gasteiger partial charge in [-0.1, -0.05) is 12.1 Å². The van der Waals surface area contributed by atoms with Gasteiger partial charge in [-0.3, -0.25) is 0 Å². The Morgan fingerprint density at radius 3 is 2.44 bits per heavy atom. The van der Waals surface area contributed by atoms with E-state index in [-0.39, 0.29) is 5.73 Å². The second kappa shape index (κ2) is 5.58. The van der Waals surface area contributed by atoms with Gasteiger partial charge in [-0.05, 0) is 81.0 Å². The molecule has 130 valence electrons. The average molecular weight is 339 g/mol. The van der Waals surface area contributed by atoms with Gasteiger partial charge in [-0.2, -0.15) is 0 Å². The lowest BCUT2D eigenvalue weighted by Crippen LogP contribution is -2.41. The van der Waals surface area contributed by atoms with E-state index in [9.17, 15) is 0 Å². The first-order valence-electron chi connectivity index (χ1n) is 8.80. The van der Waals surface area contributed by atoms with Crippen molar-refractivity contribution in [1.29, 1.82) is 0 Å². The first kappa shape index (κ1) is 16.6. The van der Waals surface area contributed by atoms with Gasteiger partial charge in [0.2, 0.25) is 0 Å². The molecule has 1 fully saturated rings. The van der Waals surface area contributed by atoms with Gasteiger partial charge in [-0.25, -0.2) is 4.39 Å². The molecule has 2 aromatic rings. The molecule has 25 heavy (non-hydrogen) atoms. The zero-order chi connectivity index (χ0) is 17.8. The third-order valence-electron chi connectivity index (χ3n) is 5.74. The van der Waals surface area contributed by atoms with E-state index in [0.717, 1.165) is 23.2 Å². The quantitative estimate of drug-likeness (QED) is 0.787. The fourth-order valence-corrected chi connectivity index (χ4v) is 3.48. The lowest BCUT2D eigenvalue weighted by Gasteiger charge is -2.32. The highest BCUT2D eigenvalue weighted by molar-refractivity contribution is 6.55. The number of halogens is 1. The van der Waals surface area contributed by atoms with Crippen LogP contribution in [0.4, 0.5) is 4.39 Å². The minimum Gasteiger partial charge on any atom is -0.398 e. The van der Waals surface area contributed by atoms with Gasteiger partial charge >= 0.3 is 7.12 Å². The highest BCUT2D eigenvalue weighted by atomic mass is 19.1. The Labute approximate surface area is 148 Å². The summed E-state index contributed by atoms with van der Waals surface area (Å²) in [5.41, 5.74) is 3.58. The molecular formula is C20H23BFNO2. The maximum absolute atomic E-state index is 15.3. The third-order valence-corrected chi connectivity index (χ3v) is 5.74. The van der Waals surface area contributed by atoms with Crippen LogP contribution < -0.4 is 0 Å². The molecule has 2 heterocycles. The van der Waals surface area contributed by atoms with Crippen LogP contribution in [0.5, 0.6) is 0 Å². The Morgan fingerprint density at radius 2 is 1.80 bits per heavy atom. The van der Waals surface area contributed by atoms with Crippen molar-refractivity contribution in [2.45, 2.75) is 51.7 Å². The van der Waals surface area contributed by atoms with Crippen molar-refractivity contribution < 1.29 is 13.7 Å². The molecule has 0 spiro atoms. The molecule has 2 aliphatic rings. The maximum Gasteiger partial charge on any atom is 0.525 e. The molecule has 0 amide bonds. The Kier molecular flexibility index (Phi) is 3.71. The van der Waals surface area contributed by atoms with E-state index in [1.165, 1.54) is 5.56 Å². The summed E-state index contributed by atoms with van der Waals surface area (Å²) < 4.78 is 27.1. The molecule has 0 unspecified atom stereocenters. The Hall–Kier alpha value is -1.85. The standard InChI is InChI=1S/C20H23BFNO2/c1-19(2)20(3,4)25-21(24-19)18(22)15-10-9-13-7-8-14(12-16(13)15)17-6-5-11-23-17/h5-8,11-12,23H,9-10H2,1-4H3. The first-order chi connectivity index (χ1) is 11.8. The number of fused-ring (bicyclic) bond motifs is 1. The normalized spacial score (nSPS) is 23.0. The smallest absolute Gasteiger partial charge is 0.398 e. The average Bonchev–Trinajstić information content (AvgIpc) is 3.25. The number of nitrogens with one attached hydrogen (secondary N) is 1. The number of hydrogen-bond acceptors (Lipinski definition) is 2. The van der Waals surface area contributed by atoms with Gasteiger partial charge in [0.05, 0.1) is 11.2 Å². The zero-order valence-corrected chi connectivity index (χ0v) is 15.2. The molecule has 1 saturated heterocycles. The minimum absolute atomic E-state index is 0.291. The van der Waals surface area contributed by atoms with E-state index in [4.69, 9.17) is 9.31 Å². The second-order valence-corrected chi connectivity index (χ2v) is 7.87. The third kappa shape index (κ3) is 2.66. The molecule has 1 aliphatic carbocycles. The van der Waals surface area contributed by atoms with Crippen molar-refractivity contribution in [3.63, 3.8) is 0 Å². The molecular weight excluding hydrogens is 316 g/mol. The number of aromatic amines is 1. The number of aryl methyl sites for hydroxylation is 1. The van der Waals surface area contributed by atoms with Crippen molar-refractivity contribution in [2.75, 3.05) is 0 Å². The summed E-state index contributed by atoms with van der Waals surface area (Å²) in [6.07, 6.45) is 3.42. The number of H-pyrrole nitrogens is 1. The van der Waals surface area contributed by atoms with Crippen molar-refractivity contribution in [3.8, 4) is 11.3 Å². The van der Waals surface area contributed by atoms with Crippen molar-refractivity contribution in [2.24, 2.45) is 0 Å². The van der Waals surface area contributed by atoms with Crippen LogP contribution in [-0.4, -0.2) is 23.3 Å². The summed E-state index contributed by atoms with van der Waals surface area (Å²) in [6.45, 7) is 7.77. The van der Waals surface area contributed by atoms with Crippen LogP contribution in [0.25, 0.3) is 16.8 Å². The Bertz CT molecular complexity index is 823. The van der Waals surface area contributed by atoms with Gasteiger partial charge in [0.15, 0.2) is 0 Å². The van der Waals surface area contributed by atoms with Crippen LogP contribution in [0.1, 0.15) is 45.2 Å². The summed E-state index contributed by atoms with van der Waals surface area (Å²) in [5.74, 6) is 0. The predicted molar refractivity (Wildman–Crippen MR) is 98.7 cm³/mol. The Balaban J connectivity index is 1.72. The zero-order valence-electron chi connectivity index (χ0n) is 15.2. The summed E-state index contributed by atoms with van der Waals surface area (Å²) in [7, 11) is -0.930. The van der Waals surface area contributed by atoms with E-state index in [0.29, 0.717) is 12.0 Å². The van der Waals surface area contributed by atoms with Gasteiger partial charge in [-0.15, -0.1) is 0 Å². The molecule has 0 atom stereocenters. The summed E-state index contributed by atoms with van der Waals surface area (Å²) >= 11 is 0. The van der Waals surface area contributed by atoms with Gasteiger partial charge < -0.3 is 14.3 Å². The van der Waals surface area contributed by atoms with E-state index >= 15 is 4.39 Å². The van der Waals surface area contributed by atoms with Crippen LogP contribution in [0.3, 0.4) is 0 Å². The number of allylic oxidation sites excluding steroid dienone is 1. The monoisotopic (exact) mass is 339 g/mol. The molecule has 0 bridgehead atoms. The lowest BCUT2D eigenvalue weighted by molar-refractivity contribution is 0.00578. The van der Waals surface area contributed by atoms with Gasteiger partial charge in [0.1, 0.15) is 5.73 Å². The topological polar surface area (TPSA) is 34.2 Å². The van der Waals surface area contributed by atoms with E-state index < -0.39 is 18.3 Å². The molecule has 1 aromatic heterocycles. The van der Waals surface area contributed by atoms with Gasteiger partial charge in [0.25, 0.3) is 0 Å². The highest BCUT2D eigenvalue weighted by Gasteiger charge is 2.53. The molecule has 1 aliphatic heterocycles. The van der Waals surface area contributed by atoms with Crippen LogP contribution in [0, 0.1) is 0 Å². The molecule has 1 aromatic carbocycles. The fraction of sp³-hybridized carbons (Fsp3) is 0.400. The number of benzene rings is 1. The number of rotatable bonds is 2. The van der Waals surface area contributed by atoms with Crippen LogP contribution in [0.15, 0.2) is 42.3 Å². The largest absolute Gasteiger partial charge is 0.525 e. The van der Waals surface area contributed by atoms with Crippen molar-refractivity contribution in [1.82, 2.24) is 4.98 Å². The summed E-state index contributed by atoms with van der Waals surface area (Å²) in [4.78, 5) is 3.21. The first-order valence-corrected chi connectivity index (χ1v) is 8.80. The van der Waals surface area contributed by atoms with Crippen LogP contribution in [0.2, 0.25) is 0 Å². The second-order valence-electron chi connectivity index (χ2n) is 7.87. The van der Waals surface area contributed by atoms with Gasteiger partial charge in [0, 0.05) is 11.9 Å². The molecule has 0 saturated carbocycles. The molecule has 5 heteroatoms. The summed E-state index contributed by atoms with van der Waals surface area (Å²) in [6, 6.07) is 10.2. The lowest BCUT2D eigenvalue weighted by atomic mass is 9.83. The molecule has 1 N–H and O–H groups in total. The van der Waals surface area contributed by atoms with E-state index in [2.05, 4.69) is 23.2 Å². The number of aromatic nitrogens is 1. The van der Waals surface area contributed by atoms with Crippen molar-refractivity contribution in [3.05, 3.63) is 53.4 Å². The maximum atomic E-state index is 15.3. The SMILES string of the molecule is CC1(C)OB(C(F)=C2CCc3ccc(-c4ccc[nH]4)cc32)OC1(C)C. The Morgan fingerprint density at radius 1 is 1.08 bits per heavy atom. The highest BCUT2D eigenvalue weighted by Crippen LogP contribution is 2.43. The number of hydrogen-bond donors (Lipinski definition) is 1. The van der Waals surface area contributed by atoms with E-state index in [1.807, 2.05) is 46.0 Å². The minimum atomic E-state index is -0.930. The molecule has 0 radical (unpaired) electrons. The van der Waals surface area contributed by atoms with E-state index in [1.54, 1.807) is 0 Å².